The normalized spacial score (nSPS) is 22.5. The number of halogens is 1. The molecule has 2 unspecified atom stereocenters. The van der Waals surface area contributed by atoms with Crippen molar-refractivity contribution in [1.29, 1.82) is 0 Å². The van der Waals surface area contributed by atoms with Crippen LogP contribution in [0.3, 0.4) is 0 Å². The smallest absolute Gasteiger partial charge is 0.205 e. The zero-order valence-electron chi connectivity index (χ0n) is 11.2. The predicted molar refractivity (Wildman–Crippen MR) is 72.3 cm³/mol. The Balaban J connectivity index is 1.88. The Morgan fingerprint density at radius 1 is 1.40 bits per heavy atom. The molecule has 2 atom stereocenters. The van der Waals surface area contributed by atoms with E-state index in [0.717, 1.165) is 6.54 Å². The van der Waals surface area contributed by atoms with Crippen LogP contribution in [0.25, 0.3) is 11.0 Å². The lowest BCUT2D eigenvalue weighted by molar-refractivity contribution is 0.0865. The summed E-state index contributed by atoms with van der Waals surface area (Å²) in [5.74, 6) is -0.415. The van der Waals surface area contributed by atoms with E-state index in [-0.39, 0.29) is 29.3 Å². The van der Waals surface area contributed by atoms with E-state index in [1.54, 1.807) is 6.07 Å². The molecule has 0 aliphatic carbocycles. The second-order valence-electron chi connectivity index (χ2n) is 4.97. The third-order valence-electron chi connectivity index (χ3n) is 3.60. The molecule has 1 aliphatic heterocycles. The average molecular weight is 277 g/mol. The lowest BCUT2D eigenvalue weighted by Crippen LogP contribution is -2.39. The van der Waals surface area contributed by atoms with E-state index in [2.05, 4.69) is 5.32 Å². The summed E-state index contributed by atoms with van der Waals surface area (Å²) in [7, 11) is 0. The van der Waals surface area contributed by atoms with E-state index in [4.69, 9.17) is 9.15 Å². The molecule has 1 aromatic heterocycles. The second kappa shape index (κ2) is 5.34. The fraction of sp³-hybridized carbons (Fsp3) is 0.400. The van der Waals surface area contributed by atoms with Crippen LogP contribution in [0.5, 0.6) is 0 Å². The number of fused-ring (bicyclic) bond motifs is 1. The number of rotatable bonds is 4. The molecule has 0 spiro atoms. The number of nitrogens with one attached hydrogen (secondary N) is 1. The van der Waals surface area contributed by atoms with Crippen LogP contribution in [0.2, 0.25) is 0 Å². The van der Waals surface area contributed by atoms with E-state index < -0.39 is 0 Å². The van der Waals surface area contributed by atoms with Crippen LogP contribution in [0.4, 0.5) is 4.39 Å². The zero-order valence-corrected chi connectivity index (χ0v) is 11.2. The molecular weight excluding hydrogens is 261 g/mol. The SMILES string of the molecule is CCNC1COCC1C(=O)c1cc2cc(F)ccc2o1. The van der Waals surface area contributed by atoms with E-state index in [1.165, 1.54) is 18.2 Å². The molecule has 1 fully saturated rings. The molecule has 0 saturated carbocycles. The molecule has 1 saturated heterocycles. The first-order valence-corrected chi connectivity index (χ1v) is 6.73. The summed E-state index contributed by atoms with van der Waals surface area (Å²) in [6, 6.07) is 5.83. The molecule has 2 aromatic rings. The molecule has 1 aromatic carbocycles. The van der Waals surface area contributed by atoms with Gasteiger partial charge in [-0.15, -0.1) is 0 Å². The number of furan rings is 1. The molecule has 20 heavy (non-hydrogen) atoms. The van der Waals surface area contributed by atoms with Gasteiger partial charge in [-0.2, -0.15) is 0 Å². The highest BCUT2D eigenvalue weighted by atomic mass is 19.1. The van der Waals surface area contributed by atoms with E-state index in [1.807, 2.05) is 6.92 Å². The fourth-order valence-electron chi connectivity index (χ4n) is 2.59. The Hall–Kier alpha value is -1.72. The van der Waals surface area contributed by atoms with Gasteiger partial charge in [0.1, 0.15) is 11.4 Å². The monoisotopic (exact) mass is 277 g/mol. The summed E-state index contributed by atoms with van der Waals surface area (Å²) in [5, 5.41) is 3.84. The highest BCUT2D eigenvalue weighted by molar-refractivity contribution is 5.99. The Bertz CT molecular complexity index is 637. The van der Waals surface area contributed by atoms with Crippen LogP contribution >= 0.6 is 0 Å². The fourth-order valence-corrected chi connectivity index (χ4v) is 2.59. The van der Waals surface area contributed by atoms with Gasteiger partial charge in [0.2, 0.25) is 5.78 Å². The number of ether oxygens (including phenoxy) is 1. The van der Waals surface area contributed by atoms with Gasteiger partial charge < -0.3 is 14.5 Å². The average Bonchev–Trinajstić information content (AvgIpc) is 3.04. The van der Waals surface area contributed by atoms with Crippen molar-refractivity contribution >= 4 is 16.8 Å². The third-order valence-corrected chi connectivity index (χ3v) is 3.60. The van der Waals surface area contributed by atoms with Crippen LogP contribution in [-0.4, -0.2) is 31.6 Å². The summed E-state index contributed by atoms with van der Waals surface area (Å²) in [6.45, 7) is 3.69. The molecule has 0 radical (unpaired) electrons. The number of hydrogen-bond acceptors (Lipinski definition) is 4. The van der Waals surface area contributed by atoms with Crippen LogP contribution in [-0.2, 0) is 4.74 Å². The van der Waals surface area contributed by atoms with Gasteiger partial charge in [-0.1, -0.05) is 6.92 Å². The van der Waals surface area contributed by atoms with E-state index in [0.29, 0.717) is 24.2 Å². The van der Waals surface area contributed by atoms with Crippen molar-refractivity contribution in [3.05, 3.63) is 35.8 Å². The van der Waals surface area contributed by atoms with Crippen LogP contribution < -0.4 is 5.32 Å². The standard InChI is InChI=1S/C15H16FNO3/c1-2-17-12-8-19-7-11(12)15(18)14-6-9-5-10(16)3-4-13(9)20-14/h3-6,11-12,17H,2,7-8H2,1H3. The van der Waals surface area contributed by atoms with E-state index >= 15 is 0 Å². The van der Waals surface area contributed by atoms with E-state index in [9.17, 15) is 9.18 Å². The Labute approximate surface area is 115 Å². The van der Waals surface area contributed by atoms with Gasteiger partial charge in [0.15, 0.2) is 5.76 Å². The minimum Gasteiger partial charge on any atom is -0.453 e. The summed E-state index contributed by atoms with van der Waals surface area (Å²) >= 11 is 0. The maximum absolute atomic E-state index is 13.2. The highest BCUT2D eigenvalue weighted by Crippen LogP contribution is 2.25. The van der Waals surface area contributed by atoms with Gasteiger partial charge in [0.05, 0.1) is 19.1 Å². The van der Waals surface area contributed by atoms with Gasteiger partial charge in [0, 0.05) is 11.4 Å². The first-order chi connectivity index (χ1) is 9.69. The first-order valence-electron chi connectivity index (χ1n) is 6.73. The van der Waals surface area contributed by atoms with Crippen molar-refractivity contribution in [1.82, 2.24) is 5.32 Å². The minimum atomic E-state index is -0.341. The predicted octanol–water partition coefficient (Wildman–Crippen LogP) is 2.38. The molecular formula is C15H16FNO3. The van der Waals surface area contributed by atoms with Gasteiger partial charge in [0.25, 0.3) is 0 Å². The first kappa shape index (κ1) is 13.3. The Morgan fingerprint density at radius 3 is 3.05 bits per heavy atom. The number of benzene rings is 1. The molecule has 0 bridgehead atoms. The minimum absolute atomic E-state index is 0.0115. The van der Waals surface area contributed by atoms with Crippen molar-refractivity contribution in [3.63, 3.8) is 0 Å². The maximum Gasteiger partial charge on any atom is 0.205 e. The lowest BCUT2D eigenvalue weighted by Gasteiger charge is -2.15. The summed E-state index contributed by atoms with van der Waals surface area (Å²) < 4.78 is 24.1. The van der Waals surface area contributed by atoms with Crippen LogP contribution in [0.15, 0.2) is 28.7 Å². The van der Waals surface area contributed by atoms with Crippen molar-refractivity contribution in [3.8, 4) is 0 Å². The molecule has 1 N–H and O–H groups in total. The van der Waals surface area contributed by atoms with Gasteiger partial charge >= 0.3 is 0 Å². The second-order valence-corrected chi connectivity index (χ2v) is 4.97. The Morgan fingerprint density at radius 2 is 2.25 bits per heavy atom. The van der Waals surface area contributed by atoms with Crippen molar-refractivity contribution < 1.29 is 18.3 Å². The highest BCUT2D eigenvalue weighted by Gasteiger charge is 2.35. The topological polar surface area (TPSA) is 51.5 Å². The molecule has 5 heteroatoms. The molecule has 106 valence electrons. The van der Waals surface area contributed by atoms with Crippen LogP contribution in [0, 0.1) is 11.7 Å². The molecule has 1 aliphatic rings. The largest absolute Gasteiger partial charge is 0.453 e. The zero-order chi connectivity index (χ0) is 14.1. The van der Waals surface area contributed by atoms with Crippen molar-refractivity contribution in [2.24, 2.45) is 5.92 Å². The summed E-state index contributed by atoms with van der Waals surface area (Å²) in [5.41, 5.74) is 0.522. The van der Waals surface area contributed by atoms with Crippen LogP contribution in [0.1, 0.15) is 17.5 Å². The molecule has 3 rings (SSSR count). The van der Waals surface area contributed by atoms with Crippen molar-refractivity contribution in [2.45, 2.75) is 13.0 Å². The number of likely N-dealkylation sites (N-methyl/N-ethyl adjacent to an activating group) is 1. The number of carbonyl (C=O) groups is 1. The molecule has 4 nitrogen and oxygen atoms in total. The molecule has 2 heterocycles. The quantitative estimate of drug-likeness (QED) is 0.872. The van der Waals surface area contributed by atoms with Gasteiger partial charge in [-0.25, -0.2) is 4.39 Å². The number of carbonyl (C=O) groups excluding carboxylic acids is 1. The summed E-state index contributed by atoms with van der Waals surface area (Å²) in [6.07, 6.45) is 0. The molecule has 0 amide bonds. The lowest BCUT2D eigenvalue weighted by atomic mass is 9.97. The number of Topliss-reactive ketones (excluding diaryl/α,β-unsaturated/α-hetero) is 1. The number of hydrogen-bond donors (Lipinski definition) is 1. The number of ketones is 1. The van der Waals surface area contributed by atoms with Crippen molar-refractivity contribution in [2.75, 3.05) is 19.8 Å². The maximum atomic E-state index is 13.2. The Kier molecular flexibility index (Phi) is 3.54. The van der Waals surface area contributed by atoms with Gasteiger partial charge in [-0.3, -0.25) is 4.79 Å². The van der Waals surface area contributed by atoms with Gasteiger partial charge in [-0.05, 0) is 30.8 Å². The third kappa shape index (κ3) is 2.34. The summed E-state index contributed by atoms with van der Waals surface area (Å²) in [4.78, 5) is 12.5.